The minimum atomic E-state index is -3.25. The van der Waals surface area contributed by atoms with E-state index in [-0.39, 0.29) is 11.8 Å². The first-order valence-corrected chi connectivity index (χ1v) is 7.90. The van der Waals surface area contributed by atoms with Crippen LogP contribution in [-0.2, 0) is 15.8 Å². The highest BCUT2D eigenvalue weighted by atomic mass is 32.2. The minimum absolute atomic E-state index is 0.0161. The Kier molecular flexibility index (Phi) is 4.68. The van der Waals surface area contributed by atoms with Gasteiger partial charge in [0.15, 0.2) is 0 Å². The van der Waals surface area contributed by atoms with Crippen molar-refractivity contribution in [1.82, 2.24) is 15.0 Å². The van der Waals surface area contributed by atoms with Crippen molar-refractivity contribution in [3.8, 4) is 0 Å². The van der Waals surface area contributed by atoms with Crippen molar-refractivity contribution in [3.63, 3.8) is 0 Å². The van der Waals surface area contributed by atoms with Gasteiger partial charge in [0.25, 0.3) is 0 Å². The second-order valence-electron chi connectivity index (χ2n) is 4.61. The van der Waals surface area contributed by atoms with Crippen molar-refractivity contribution < 1.29 is 8.42 Å². The van der Waals surface area contributed by atoms with E-state index in [1.807, 2.05) is 0 Å². The van der Waals surface area contributed by atoms with E-state index in [2.05, 4.69) is 15.0 Å². The molecule has 1 atom stereocenters. The second kappa shape index (κ2) is 6.26. The largest absolute Gasteiger partial charge is 0.313 e. The number of aromatic nitrogens is 1. The standard InChI is InChI=1S/C12H19N3O2S/c16-18(17,10-11-4-7-13-8-5-11)15-9-12-3-1-2-6-14-12/h4-5,7-8,12,14-15H,1-3,6,9-10H2. The van der Waals surface area contributed by atoms with Crippen LogP contribution in [0.4, 0.5) is 0 Å². The van der Waals surface area contributed by atoms with Crippen LogP contribution in [0.5, 0.6) is 0 Å². The SMILES string of the molecule is O=S(=O)(Cc1ccncc1)NCC1CCCCN1. The monoisotopic (exact) mass is 269 g/mol. The van der Waals surface area contributed by atoms with E-state index >= 15 is 0 Å². The normalized spacial score (nSPS) is 20.8. The van der Waals surface area contributed by atoms with Crippen LogP contribution >= 0.6 is 0 Å². The number of nitrogens with zero attached hydrogens (tertiary/aromatic N) is 1. The number of pyridine rings is 1. The number of rotatable bonds is 5. The van der Waals surface area contributed by atoms with Gasteiger partial charge < -0.3 is 5.32 Å². The molecule has 6 heteroatoms. The van der Waals surface area contributed by atoms with Gasteiger partial charge in [0.05, 0.1) is 5.75 Å². The summed E-state index contributed by atoms with van der Waals surface area (Å²) >= 11 is 0. The number of piperidine rings is 1. The van der Waals surface area contributed by atoms with Crippen LogP contribution in [-0.4, -0.2) is 32.5 Å². The van der Waals surface area contributed by atoms with Gasteiger partial charge in [0, 0.05) is 25.0 Å². The van der Waals surface area contributed by atoms with Crippen LogP contribution in [0.1, 0.15) is 24.8 Å². The molecule has 0 spiro atoms. The summed E-state index contributed by atoms with van der Waals surface area (Å²) in [6.07, 6.45) is 6.60. The molecule has 0 bridgehead atoms. The lowest BCUT2D eigenvalue weighted by Gasteiger charge is -2.23. The van der Waals surface area contributed by atoms with Gasteiger partial charge in [-0.15, -0.1) is 0 Å². The van der Waals surface area contributed by atoms with Gasteiger partial charge in [0.2, 0.25) is 10.0 Å². The van der Waals surface area contributed by atoms with Crippen molar-refractivity contribution in [3.05, 3.63) is 30.1 Å². The molecule has 0 saturated carbocycles. The zero-order chi connectivity index (χ0) is 12.8. The van der Waals surface area contributed by atoms with Gasteiger partial charge in [-0.2, -0.15) is 0 Å². The van der Waals surface area contributed by atoms with Crippen molar-refractivity contribution >= 4 is 10.0 Å². The third-order valence-electron chi connectivity index (χ3n) is 3.07. The van der Waals surface area contributed by atoms with E-state index in [4.69, 9.17) is 0 Å². The molecule has 0 amide bonds. The lowest BCUT2D eigenvalue weighted by Crippen LogP contribution is -2.43. The zero-order valence-electron chi connectivity index (χ0n) is 10.3. The maximum atomic E-state index is 11.9. The third kappa shape index (κ3) is 4.36. The fourth-order valence-electron chi connectivity index (χ4n) is 2.08. The first kappa shape index (κ1) is 13.5. The summed E-state index contributed by atoms with van der Waals surface area (Å²) in [4.78, 5) is 3.87. The maximum Gasteiger partial charge on any atom is 0.215 e. The fraction of sp³-hybridized carbons (Fsp3) is 0.583. The van der Waals surface area contributed by atoms with Crippen LogP contribution in [0, 0.1) is 0 Å². The van der Waals surface area contributed by atoms with Crippen LogP contribution in [0.15, 0.2) is 24.5 Å². The summed E-state index contributed by atoms with van der Waals surface area (Å²) in [5.41, 5.74) is 0.758. The summed E-state index contributed by atoms with van der Waals surface area (Å²) in [7, 11) is -3.25. The number of sulfonamides is 1. The van der Waals surface area contributed by atoms with E-state index in [0.717, 1.165) is 18.5 Å². The lowest BCUT2D eigenvalue weighted by molar-refractivity contribution is 0.398. The molecule has 0 aliphatic carbocycles. The Labute approximate surface area is 108 Å². The molecule has 1 fully saturated rings. The van der Waals surface area contributed by atoms with E-state index in [0.29, 0.717) is 6.54 Å². The molecule has 1 unspecified atom stereocenters. The van der Waals surface area contributed by atoms with Crippen LogP contribution in [0.25, 0.3) is 0 Å². The molecule has 2 N–H and O–H groups in total. The Morgan fingerprint density at radius 3 is 2.78 bits per heavy atom. The average Bonchev–Trinajstić information content (AvgIpc) is 2.38. The van der Waals surface area contributed by atoms with Crippen molar-refractivity contribution in [2.24, 2.45) is 0 Å². The second-order valence-corrected chi connectivity index (χ2v) is 6.42. The molecule has 0 radical (unpaired) electrons. The summed E-state index contributed by atoms with van der Waals surface area (Å²) in [6, 6.07) is 3.71. The number of nitrogens with one attached hydrogen (secondary N) is 2. The van der Waals surface area contributed by atoms with E-state index in [1.165, 1.54) is 12.8 Å². The van der Waals surface area contributed by atoms with Gasteiger partial charge in [0.1, 0.15) is 0 Å². The first-order valence-electron chi connectivity index (χ1n) is 6.25. The minimum Gasteiger partial charge on any atom is -0.313 e. The Hall–Kier alpha value is -0.980. The predicted octanol–water partition coefficient (Wildman–Crippen LogP) is 0.643. The highest BCUT2D eigenvalue weighted by molar-refractivity contribution is 7.88. The molecule has 2 heterocycles. The molecule has 1 aromatic rings. The van der Waals surface area contributed by atoms with Crippen LogP contribution in [0.2, 0.25) is 0 Å². The molecular weight excluding hydrogens is 250 g/mol. The van der Waals surface area contributed by atoms with E-state index in [1.54, 1.807) is 24.5 Å². The molecule has 1 aliphatic rings. The smallest absolute Gasteiger partial charge is 0.215 e. The Bertz CT molecular complexity index is 455. The molecule has 1 aliphatic heterocycles. The Morgan fingerprint density at radius 1 is 1.33 bits per heavy atom. The van der Waals surface area contributed by atoms with Gasteiger partial charge in [-0.1, -0.05) is 6.42 Å². The van der Waals surface area contributed by atoms with Crippen LogP contribution < -0.4 is 10.0 Å². The molecule has 2 rings (SSSR count). The van der Waals surface area contributed by atoms with Crippen molar-refractivity contribution in [1.29, 1.82) is 0 Å². The number of hydrogen-bond donors (Lipinski definition) is 2. The number of hydrogen-bond acceptors (Lipinski definition) is 4. The molecule has 100 valence electrons. The summed E-state index contributed by atoms with van der Waals surface area (Å²) < 4.78 is 26.4. The van der Waals surface area contributed by atoms with Crippen molar-refractivity contribution in [2.45, 2.75) is 31.1 Å². The van der Waals surface area contributed by atoms with Gasteiger partial charge in [-0.25, -0.2) is 13.1 Å². The van der Waals surface area contributed by atoms with Gasteiger partial charge >= 0.3 is 0 Å². The van der Waals surface area contributed by atoms with Gasteiger partial charge in [-0.05, 0) is 37.1 Å². The molecule has 18 heavy (non-hydrogen) atoms. The molecule has 5 nitrogen and oxygen atoms in total. The molecule has 1 aromatic heterocycles. The highest BCUT2D eigenvalue weighted by Gasteiger charge is 2.16. The molecule has 0 aromatic carbocycles. The maximum absolute atomic E-state index is 11.9. The van der Waals surface area contributed by atoms with E-state index < -0.39 is 10.0 Å². The molecule has 1 saturated heterocycles. The van der Waals surface area contributed by atoms with Crippen molar-refractivity contribution in [2.75, 3.05) is 13.1 Å². The van der Waals surface area contributed by atoms with Crippen LogP contribution in [0.3, 0.4) is 0 Å². The quantitative estimate of drug-likeness (QED) is 0.823. The summed E-state index contributed by atoms with van der Waals surface area (Å²) in [5, 5.41) is 3.32. The summed E-state index contributed by atoms with van der Waals surface area (Å²) in [5.74, 6) is 0.0161. The topological polar surface area (TPSA) is 71.1 Å². The Morgan fingerprint density at radius 2 is 2.11 bits per heavy atom. The highest BCUT2D eigenvalue weighted by Crippen LogP contribution is 2.07. The average molecular weight is 269 g/mol. The van der Waals surface area contributed by atoms with Gasteiger partial charge in [-0.3, -0.25) is 4.98 Å². The predicted molar refractivity (Wildman–Crippen MR) is 70.5 cm³/mol. The fourth-order valence-corrected chi connectivity index (χ4v) is 3.26. The lowest BCUT2D eigenvalue weighted by atomic mass is 10.1. The van der Waals surface area contributed by atoms with E-state index in [9.17, 15) is 8.42 Å². The first-order chi connectivity index (χ1) is 8.66. The summed E-state index contributed by atoms with van der Waals surface area (Å²) in [6.45, 7) is 1.46. The zero-order valence-corrected chi connectivity index (χ0v) is 11.1. The Balaban J connectivity index is 1.83. The third-order valence-corrected chi connectivity index (χ3v) is 4.39. The molecular formula is C12H19N3O2S.